The number of aromatic nitrogens is 1. The molecule has 1 aromatic rings. The minimum atomic E-state index is 0.0860. The molecule has 1 saturated carbocycles. The second-order valence-corrected chi connectivity index (χ2v) is 5.31. The van der Waals surface area contributed by atoms with E-state index in [-0.39, 0.29) is 5.54 Å². The van der Waals surface area contributed by atoms with Crippen LogP contribution in [0.15, 0.2) is 12.1 Å². The molecule has 0 spiro atoms. The lowest BCUT2D eigenvalue weighted by molar-refractivity contribution is 0.348. The van der Waals surface area contributed by atoms with E-state index in [0.29, 0.717) is 16.5 Å². The lowest BCUT2D eigenvalue weighted by Gasteiger charge is -2.35. The summed E-state index contributed by atoms with van der Waals surface area (Å²) in [5.74, 6) is 0.707. The molecule has 0 aliphatic heterocycles. The van der Waals surface area contributed by atoms with Crippen LogP contribution < -0.4 is 5.32 Å². The molecule has 0 unspecified atom stereocenters. The molecule has 1 aromatic heterocycles. The second kappa shape index (κ2) is 4.93. The van der Waals surface area contributed by atoms with Crippen molar-refractivity contribution in [2.45, 2.75) is 44.6 Å². The van der Waals surface area contributed by atoms with E-state index in [1.54, 1.807) is 12.1 Å². The Kier molecular flexibility index (Phi) is 3.54. The number of nitrogens with zero attached hydrogens (tertiary/aromatic N) is 2. The largest absolute Gasteiger partial charge is 0.365 e. The molecular formula is C13H16ClN3. The van der Waals surface area contributed by atoms with Crippen LogP contribution in [0.1, 0.15) is 44.6 Å². The van der Waals surface area contributed by atoms with Gasteiger partial charge in [-0.2, -0.15) is 5.26 Å². The standard InChI is InChI=1S/C13H16ClN3/c1-13(5-3-2-4-6-13)17-12-8-10(9-15)7-11(14)16-12/h7-8H,2-6H2,1H3,(H,16,17). The molecule has 4 heteroatoms. The van der Waals surface area contributed by atoms with Crippen LogP contribution in [0, 0.1) is 11.3 Å². The van der Waals surface area contributed by atoms with Crippen molar-refractivity contribution in [1.29, 1.82) is 5.26 Å². The third kappa shape index (κ3) is 3.10. The number of pyridine rings is 1. The van der Waals surface area contributed by atoms with Crippen molar-refractivity contribution < 1.29 is 0 Å². The summed E-state index contributed by atoms with van der Waals surface area (Å²) in [7, 11) is 0. The van der Waals surface area contributed by atoms with Gasteiger partial charge in [0.05, 0.1) is 11.6 Å². The summed E-state index contributed by atoms with van der Waals surface area (Å²) >= 11 is 5.89. The first-order valence-corrected chi connectivity index (χ1v) is 6.35. The Morgan fingerprint density at radius 3 is 2.71 bits per heavy atom. The summed E-state index contributed by atoms with van der Waals surface area (Å²) in [6.07, 6.45) is 6.08. The van der Waals surface area contributed by atoms with Gasteiger partial charge in [-0.15, -0.1) is 0 Å². The van der Waals surface area contributed by atoms with E-state index in [1.165, 1.54) is 19.3 Å². The van der Waals surface area contributed by atoms with Crippen LogP contribution in [0.25, 0.3) is 0 Å². The molecule has 0 bridgehead atoms. The number of nitriles is 1. The highest BCUT2D eigenvalue weighted by Gasteiger charge is 2.26. The minimum absolute atomic E-state index is 0.0860. The van der Waals surface area contributed by atoms with Crippen LogP contribution in [0.4, 0.5) is 5.82 Å². The summed E-state index contributed by atoms with van der Waals surface area (Å²) in [5, 5.41) is 12.7. The molecule has 0 saturated heterocycles. The van der Waals surface area contributed by atoms with Gasteiger partial charge in [-0.3, -0.25) is 0 Å². The van der Waals surface area contributed by atoms with Crippen molar-refractivity contribution in [3.63, 3.8) is 0 Å². The van der Waals surface area contributed by atoms with Crippen molar-refractivity contribution in [2.24, 2.45) is 0 Å². The van der Waals surface area contributed by atoms with E-state index in [2.05, 4.69) is 23.3 Å². The van der Waals surface area contributed by atoms with E-state index in [0.717, 1.165) is 12.8 Å². The zero-order valence-electron chi connectivity index (χ0n) is 9.96. The molecule has 0 amide bonds. The van der Waals surface area contributed by atoms with Gasteiger partial charge in [0, 0.05) is 5.54 Å². The Bertz CT molecular complexity index is 444. The van der Waals surface area contributed by atoms with Gasteiger partial charge < -0.3 is 5.32 Å². The number of halogens is 1. The highest BCUT2D eigenvalue weighted by atomic mass is 35.5. The number of nitrogens with one attached hydrogen (secondary N) is 1. The van der Waals surface area contributed by atoms with Gasteiger partial charge in [0.25, 0.3) is 0 Å². The zero-order valence-corrected chi connectivity index (χ0v) is 10.7. The van der Waals surface area contributed by atoms with Gasteiger partial charge in [0.1, 0.15) is 11.0 Å². The van der Waals surface area contributed by atoms with E-state index in [9.17, 15) is 0 Å². The molecule has 1 aliphatic carbocycles. The molecule has 0 radical (unpaired) electrons. The van der Waals surface area contributed by atoms with Gasteiger partial charge in [0.2, 0.25) is 0 Å². The fourth-order valence-electron chi connectivity index (χ4n) is 2.39. The van der Waals surface area contributed by atoms with Gasteiger partial charge in [-0.1, -0.05) is 30.9 Å². The highest BCUT2D eigenvalue weighted by Crippen LogP contribution is 2.31. The van der Waals surface area contributed by atoms with E-state index in [4.69, 9.17) is 16.9 Å². The smallest absolute Gasteiger partial charge is 0.132 e. The quantitative estimate of drug-likeness (QED) is 0.813. The van der Waals surface area contributed by atoms with Crippen molar-refractivity contribution in [3.8, 4) is 6.07 Å². The Morgan fingerprint density at radius 2 is 2.06 bits per heavy atom. The van der Waals surface area contributed by atoms with Crippen LogP contribution in [0.2, 0.25) is 5.15 Å². The third-order valence-electron chi connectivity index (χ3n) is 3.31. The van der Waals surface area contributed by atoms with Crippen molar-refractivity contribution in [3.05, 3.63) is 22.8 Å². The molecular weight excluding hydrogens is 234 g/mol. The fraction of sp³-hybridized carbons (Fsp3) is 0.538. The van der Waals surface area contributed by atoms with Crippen LogP contribution in [0.3, 0.4) is 0 Å². The topological polar surface area (TPSA) is 48.7 Å². The van der Waals surface area contributed by atoms with E-state index >= 15 is 0 Å². The average Bonchev–Trinajstić information content (AvgIpc) is 2.28. The first-order valence-electron chi connectivity index (χ1n) is 5.97. The lowest BCUT2D eigenvalue weighted by Crippen LogP contribution is -2.37. The van der Waals surface area contributed by atoms with E-state index in [1.807, 2.05) is 0 Å². The summed E-state index contributed by atoms with van der Waals surface area (Å²) in [5.41, 5.74) is 0.634. The molecule has 2 rings (SSSR count). The average molecular weight is 250 g/mol. The summed E-state index contributed by atoms with van der Waals surface area (Å²) in [6.45, 7) is 2.21. The number of hydrogen-bond donors (Lipinski definition) is 1. The SMILES string of the molecule is CC1(Nc2cc(C#N)cc(Cl)n2)CCCCC1. The Hall–Kier alpha value is -1.27. The van der Waals surface area contributed by atoms with Gasteiger partial charge in [-0.25, -0.2) is 4.98 Å². The monoisotopic (exact) mass is 249 g/mol. The molecule has 1 aliphatic rings. The molecule has 0 atom stereocenters. The van der Waals surface area contributed by atoms with Crippen molar-refractivity contribution >= 4 is 17.4 Å². The molecule has 1 N–H and O–H groups in total. The molecule has 17 heavy (non-hydrogen) atoms. The fourth-order valence-corrected chi connectivity index (χ4v) is 2.60. The zero-order chi connectivity index (χ0) is 12.3. The highest BCUT2D eigenvalue weighted by molar-refractivity contribution is 6.29. The summed E-state index contributed by atoms with van der Waals surface area (Å²) < 4.78 is 0. The predicted octanol–water partition coefficient (Wildman–Crippen LogP) is 3.74. The van der Waals surface area contributed by atoms with Gasteiger partial charge in [0.15, 0.2) is 0 Å². The minimum Gasteiger partial charge on any atom is -0.365 e. The van der Waals surface area contributed by atoms with Gasteiger partial charge >= 0.3 is 0 Å². The van der Waals surface area contributed by atoms with Crippen molar-refractivity contribution in [2.75, 3.05) is 5.32 Å². The number of rotatable bonds is 2. The normalized spacial score (nSPS) is 18.4. The maximum atomic E-state index is 8.89. The first-order chi connectivity index (χ1) is 8.11. The second-order valence-electron chi connectivity index (χ2n) is 4.92. The Balaban J connectivity index is 2.17. The number of hydrogen-bond acceptors (Lipinski definition) is 3. The van der Waals surface area contributed by atoms with Crippen LogP contribution in [-0.4, -0.2) is 10.5 Å². The molecule has 90 valence electrons. The van der Waals surface area contributed by atoms with E-state index < -0.39 is 0 Å². The maximum Gasteiger partial charge on any atom is 0.132 e. The Labute approximate surface area is 107 Å². The molecule has 0 aromatic carbocycles. The molecule has 1 heterocycles. The van der Waals surface area contributed by atoms with Crippen LogP contribution in [0.5, 0.6) is 0 Å². The van der Waals surface area contributed by atoms with Crippen molar-refractivity contribution in [1.82, 2.24) is 4.98 Å². The van der Waals surface area contributed by atoms with Crippen LogP contribution >= 0.6 is 11.6 Å². The maximum absolute atomic E-state index is 8.89. The molecule has 1 fully saturated rings. The Morgan fingerprint density at radius 1 is 1.35 bits per heavy atom. The third-order valence-corrected chi connectivity index (χ3v) is 3.50. The van der Waals surface area contributed by atoms with Gasteiger partial charge in [-0.05, 0) is 31.9 Å². The van der Waals surface area contributed by atoms with Crippen LogP contribution in [-0.2, 0) is 0 Å². The predicted molar refractivity (Wildman–Crippen MR) is 69.1 cm³/mol. The first kappa shape index (κ1) is 12.2. The summed E-state index contributed by atoms with van der Waals surface area (Å²) in [6, 6.07) is 5.43. The lowest BCUT2D eigenvalue weighted by atomic mass is 9.83. The summed E-state index contributed by atoms with van der Waals surface area (Å²) in [4.78, 5) is 4.22. The molecule has 3 nitrogen and oxygen atoms in total. The number of anilines is 1.